The highest BCUT2D eigenvalue weighted by Gasteiger charge is 2.40. The Balaban J connectivity index is 0.000000142. The lowest BCUT2D eigenvalue weighted by Gasteiger charge is -2.26. The van der Waals surface area contributed by atoms with Gasteiger partial charge in [0, 0.05) is 12.1 Å². The molecule has 2 atom stereocenters. The predicted octanol–water partition coefficient (Wildman–Crippen LogP) is 4.78. The zero-order valence-corrected chi connectivity index (χ0v) is 18.9. The molecular weight excluding hydrogens is 428 g/mol. The molecule has 34 heavy (non-hydrogen) atoms. The molecule has 0 saturated heterocycles. The van der Waals surface area contributed by atoms with E-state index in [0.717, 1.165) is 38.5 Å². The first-order chi connectivity index (χ1) is 16.6. The van der Waals surface area contributed by atoms with E-state index in [1.54, 1.807) is 48.5 Å². The van der Waals surface area contributed by atoms with E-state index in [4.69, 9.17) is 0 Å². The van der Waals surface area contributed by atoms with Gasteiger partial charge in [0.05, 0.1) is 22.3 Å². The van der Waals surface area contributed by atoms with E-state index in [-0.39, 0.29) is 35.7 Å². The molecule has 0 fully saturated rings. The first-order valence-electron chi connectivity index (χ1n) is 11.8. The summed E-state index contributed by atoms with van der Waals surface area (Å²) < 4.78 is 0. The Morgan fingerprint density at radius 1 is 0.500 bits per heavy atom. The number of rotatable bonds is 2. The minimum atomic E-state index is -0.133. The van der Waals surface area contributed by atoms with Crippen LogP contribution in [0.1, 0.15) is 80.0 Å². The second-order valence-electron chi connectivity index (χ2n) is 8.93. The lowest BCUT2D eigenvalue weighted by atomic mass is 10.0. The zero-order valence-electron chi connectivity index (χ0n) is 18.9. The maximum absolute atomic E-state index is 12.2. The molecule has 0 bridgehead atoms. The van der Waals surface area contributed by atoms with E-state index in [1.165, 1.54) is 9.80 Å². The molecule has 0 spiro atoms. The van der Waals surface area contributed by atoms with Crippen molar-refractivity contribution in [2.75, 3.05) is 0 Å². The van der Waals surface area contributed by atoms with Crippen molar-refractivity contribution in [2.24, 2.45) is 0 Å². The molecule has 4 aliphatic rings. The van der Waals surface area contributed by atoms with E-state index in [2.05, 4.69) is 24.3 Å². The lowest BCUT2D eigenvalue weighted by Crippen LogP contribution is -2.40. The van der Waals surface area contributed by atoms with Gasteiger partial charge in [0.25, 0.3) is 23.6 Å². The van der Waals surface area contributed by atoms with Crippen LogP contribution in [0.25, 0.3) is 0 Å². The molecule has 6 nitrogen and oxygen atoms in total. The maximum atomic E-state index is 12.2. The summed E-state index contributed by atoms with van der Waals surface area (Å²) in [5.41, 5.74) is 2.19. The Labute approximate surface area is 198 Å². The number of carbonyl (C=O) groups excluding carboxylic acids is 4. The van der Waals surface area contributed by atoms with Crippen LogP contribution in [0.15, 0.2) is 72.8 Å². The van der Waals surface area contributed by atoms with Crippen LogP contribution in [0.4, 0.5) is 0 Å². The minimum Gasteiger partial charge on any atom is -0.271 e. The van der Waals surface area contributed by atoms with E-state index in [9.17, 15) is 19.2 Å². The molecule has 0 N–H and O–H groups in total. The Hall–Kier alpha value is -3.80. The number of carbonyl (C=O) groups is 4. The fourth-order valence-corrected chi connectivity index (χ4v) is 5.10. The molecule has 2 aliphatic heterocycles. The van der Waals surface area contributed by atoms with Crippen LogP contribution >= 0.6 is 0 Å². The molecule has 6 heteroatoms. The number of hydrogen-bond donors (Lipinski definition) is 0. The van der Waals surface area contributed by atoms with Gasteiger partial charge in [-0.2, -0.15) is 0 Å². The molecule has 0 radical (unpaired) electrons. The summed E-state index contributed by atoms with van der Waals surface area (Å²) in [4.78, 5) is 51.6. The molecule has 6 rings (SSSR count). The van der Waals surface area contributed by atoms with Gasteiger partial charge in [-0.15, -0.1) is 0 Å². The Morgan fingerprint density at radius 2 is 0.824 bits per heavy atom. The van der Waals surface area contributed by atoms with Crippen LogP contribution in [0, 0.1) is 0 Å². The average Bonchev–Trinajstić information content (AvgIpc) is 3.30. The highest BCUT2D eigenvalue weighted by Crippen LogP contribution is 2.30. The summed E-state index contributed by atoms with van der Waals surface area (Å²) in [6.45, 7) is 0. The summed E-state index contributed by atoms with van der Waals surface area (Å²) in [6.07, 6.45) is 13.5. The molecule has 2 heterocycles. The molecule has 2 aromatic rings. The van der Waals surface area contributed by atoms with E-state index in [0.29, 0.717) is 22.3 Å². The minimum absolute atomic E-state index is 0.0346. The highest BCUT2D eigenvalue weighted by molar-refractivity contribution is 6.22. The average molecular weight is 455 g/mol. The fraction of sp³-hybridized carbons (Fsp3) is 0.286. The van der Waals surface area contributed by atoms with Crippen LogP contribution < -0.4 is 0 Å². The third-order valence-corrected chi connectivity index (χ3v) is 6.86. The van der Waals surface area contributed by atoms with Crippen LogP contribution in [0.5, 0.6) is 0 Å². The summed E-state index contributed by atoms with van der Waals surface area (Å²) in [5, 5.41) is 0. The number of allylic oxidation sites excluding steroid dienone is 2. The number of nitrogens with zero attached hydrogens (tertiary/aromatic N) is 2. The first-order valence-corrected chi connectivity index (χ1v) is 11.8. The standard InChI is InChI=1S/2C14H13NO2/c2*16-13-11-8-4-5-9-12(11)14(17)15(13)10-6-2-1-3-7-10/h2*1-2,4-5,8-10H,3,6-7H2/t2*10-/m00/s1. The summed E-state index contributed by atoms with van der Waals surface area (Å²) in [6, 6.07) is 14.2. The second-order valence-corrected chi connectivity index (χ2v) is 8.93. The molecule has 172 valence electrons. The van der Waals surface area contributed by atoms with Gasteiger partial charge in [-0.25, -0.2) is 0 Å². The van der Waals surface area contributed by atoms with Crippen molar-refractivity contribution >= 4 is 23.6 Å². The molecule has 0 unspecified atom stereocenters. The third-order valence-electron chi connectivity index (χ3n) is 6.86. The maximum Gasteiger partial charge on any atom is 0.261 e. The number of hydrogen-bond acceptors (Lipinski definition) is 4. The zero-order chi connectivity index (χ0) is 23.7. The van der Waals surface area contributed by atoms with Crippen molar-refractivity contribution < 1.29 is 19.2 Å². The van der Waals surface area contributed by atoms with Gasteiger partial charge in [-0.05, 0) is 62.8 Å². The van der Waals surface area contributed by atoms with Gasteiger partial charge >= 0.3 is 0 Å². The van der Waals surface area contributed by atoms with E-state index >= 15 is 0 Å². The quantitative estimate of drug-likeness (QED) is 0.483. The fourth-order valence-electron chi connectivity index (χ4n) is 5.10. The molecule has 4 amide bonds. The highest BCUT2D eigenvalue weighted by atomic mass is 16.2. The van der Waals surface area contributed by atoms with Crippen molar-refractivity contribution in [3.8, 4) is 0 Å². The topological polar surface area (TPSA) is 74.8 Å². The van der Waals surface area contributed by atoms with Crippen molar-refractivity contribution in [1.29, 1.82) is 0 Å². The normalized spacial score (nSPS) is 23.1. The molecule has 0 aromatic heterocycles. The first kappa shape index (κ1) is 22.0. The van der Waals surface area contributed by atoms with Gasteiger partial charge in [-0.1, -0.05) is 48.6 Å². The number of amides is 4. The number of benzene rings is 2. The van der Waals surface area contributed by atoms with Gasteiger partial charge in [-0.3, -0.25) is 29.0 Å². The van der Waals surface area contributed by atoms with Crippen molar-refractivity contribution in [3.63, 3.8) is 0 Å². The van der Waals surface area contributed by atoms with Gasteiger partial charge in [0.1, 0.15) is 0 Å². The van der Waals surface area contributed by atoms with Crippen LogP contribution in [-0.4, -0.2) is 45.5 Å². The Kier molecular flexibility index (Phi) is 5.97. The summed E-state index contributed by atoms with van der Waals surface area (Å²) >= 11 is 0. The Morgan fingerprint density at radius 3 is 1.09 bits per heavy atom. The monoisotopic (exact) mass is 454 g/mol. The largest absolute Gasteiger partial charge is 0.271 e. The third kappa shape index (κ3) is 3.79. The van der Waals surface area contributed by atoms with Crippen molar-refractivity contribution in [1.82, 2.24) is 9.80 Å². The SMILES string of the molecule is O=C1c2ccccc2C(=O)N1[C@H]1CC=CCC1.O=C1c2ccccc2C(=O)N1[C@H]1CC=CCC1. The van der Waals surface area contributed by atoms with Gasteiger partial charge < -0.3 is 0 Å². The summed E-state index contributed by atoms with van der Waals surface area (Å²) in [7, 11) is 0. The molecular formula is C28H26N2O4. The lowest BCUT2D eigenvalue weighted by molar-refractivity contribution is 0.0559. The second kappa shape index (κ2) is 9.21. The smallest absolute Gasteiger partial charge is 0.261 e. The predicted molar refractivity (Wildman–Crippen MR) is 127 cm³/mol. The van der Waals surface area contributed by atoms with E-state index in [1.807, 2.05) is 0 Å². The number of imide groups is 2. The van der Waals surface area contributed by atoms with Crippen molar-refractivity contribution in [3.05, 3.63) is 95.1 Å². The van der Waals surface area contributed by atoms with Crippen LogP contribution in [0.3, 0.4) is 0 Å². The van der Waals surface area contributed by atoms with Crippen LogP contribution in [-0.2, 0) is 0 Å². The van der Waals surface area contributed by atoms with Gasteiger partial charge in [0.15, 0.2) is 0 Å². The summed E-state index contributed by atoms with van der Waals surface area (Å²) in [5.74, 6) is -0.534. The van der Waals surface area contributed by atoms with E-state index < -0.39 is 0 Å². The molecule has 2 aliphatic carbocycles. The van der Waals surface area contributed by atoms with Crippen molar-refractivity contribution in [2.45, 2.75) is 50.6 Å². The van der Waals surface area contributed by atoms with Crippen LogP contribution in [0.2, 0.25) is 0 Å². The Bertz CT molecular complexity index is 1060. The molecule has 0 saturated carbocycles. The van der Waals surface area contributed by atoms with Gasteiger partial charge in [0.2, 0.25) is 0 Å². The number of fused-ring (bicyclic) bond motifs is 2. The molecule has 2 aromatic carbocycles.